The number of piperazine rings is 1. The molecule has 0 N–H and O–H groups in total. The summed E-state index contributed by atoms with van der Waals surface area (Å²) in [6.07, 6.45) is 0. The molecule has 0 saturated carbocycles. The molecule has 3 heteroatoms. The molecular weight excluding hydrogens is 224 g/mol. The summed E-state index contributed by atoms with van der Waals surface area (Å²) in [4.78, 5) is 16.5. The number of nitrogens with zero attached hydrogens (tertiary/aromatic N) is 2. The fourth-order valence-electron chi connectivity index (χ4n) is 2.31. The highest BCUT2D eigenvalue weighted by molar-refractivity contribution is 5.45. The number of anilines is 1. The Morgan fingerprint density at radius 2 is 1.83 bits per heavy atom. The molecule has 0 spiro atoms. The summed E-state index contributed by atoms with van der Waals surface area (Å²) < 4.78 is 0. The predicted octanol–water partition coefficient (Wildman–Crippen LogP) is 1.74. The van der Waals surface area contributed by atoms with Gasteiger partial charge in [-0.2, -0.15) is 0 Å². The minimum absolute atomic E-state index is 0.105. The van der Waals surface area contributed by atoms with Gasteiger partial charge in [0, 0.05) is 32.7 Å². The van der Waals surface area contributed by atoms with Crippen LogP contribution in [0, 0.1) is 0 Å². The molecule has 1 fully saturated rings. The molecule has 0 aliphatic carbocycles. The molecule has 2 rings (SSSR count). The smallest absolute Gasteiger partial charge is 0.201 e. The van der Waals surface area contributed by atoms with Crippen LogP contribution in [0.3, 0.4) is 0 Å². The van der Waals surface area contributed by atoms with Crippen LogP contribution in [0.15, 0.2) is 47.3 Å². The van der Waals surface area contributed by atoms with Gasteiger partial charge in [-0.05, 0) is 19.1 Å². The minimum atomic E-state index is 0.105. The molecule has 1 aromatic carbocycles. The SMILES string of the molecule is C=C(C)CN1CCN(c2cccccc2=O)CC1. The monoisotopic (exact) mass is 244 g/mol. The molecule has 1 aromatic rings. The highest BCUT2D eigenvalue weighted by Crippen LogP contribution is 2.11. The van der Waals surface area contributed by atoms with E-state index in [0.717, 1.165) is 38.4 Å². The standard InChI is InChI=1S/C15H20N2O/c1-13(2)12-16-8-10-17(11-9-16)14-6-4-3-5-7-15(14)18/h3-7H,1,8-12H2,2H3. The Morgan fingerprint density at radius 3 is 2.50 bits per heavy atom. The summed E-state index contributed by atoms with van der Waals surface area (Å²) in [5, 5.41) is 0. The lowest BCUT2D eigenvalue weighted by atomic mass is 10.2. The predicted molar refractivity (Wildman–Crippen MR) is 76.2 cm³/mol. The van der Waals surface area contributed by atoms with Crippen molar-refractivity contribution in [1.29, 1.82) is 0 Å². The van der Waals surface area contributed by atoms with Crippen LogP contribution in [-0.2, 0) is 0 Å². The average Bonchev–Trinajstić information content (AvgIpc) is 2.54. The zero-order valence-corrected chi connectivity index (χ0v) is 10.9. The van der Waals surface area contributed by atoms with E-state index in [4.69, 9.17) is 0 Å². The van der Waals surface area contributed by atoms with Crippen LogP contribution in [0.1, 0.15) is 6.92 Å². The van der Waals surface area contributed by atoms with Crippen molar-refractivity contribution in [2.45, 2.75) is 6.92 Å². The fourth-order valence-corrected chi connectivity index (χ4v) is 2.31. The van der Waals surface area contributed by atoms with Gasteiger partial charge in [-0.1, -0.05) is 30.4 Å². The topological polar surface area (TPSA) is 23.6 Å². The lowest BCUT2D eigenvalue weighted by molar-refractivity contribution is 0.278. The van der Waals surface area contributed by atoms with Crippen molar-refractivity contribution in [2.75, 3.05) is 37.6 Å². The molecule has 0 atom stereocenters. The first kappa shape index (κ1) is 12.8. The molecule has 1 heterocycles. The third kappa shape index (κ3) is 3.20. The Bertz CT molecular complexity index is 476. The summed E-state index contributed by atoms with van der Waals surface area (Å²) in [6, 6.07) is 9.16. The minimum Gasteiger partial charge on any atom is -0.366 e. The Labute approximate surface area is 108 Å². The van der Waals surface area contributed by atoms with Crippen molar-refractivity contribution in [3.63, 3.8) is 0 Å². The van der Waals surface area contributed by atoms with Crippen LogP contribution in [0.5, 0.6) is 0 Å². The molecular formula is C15H20N2O. The Hall–Kier alpha value is -1.61. The maximum atomic E-state index is 11.9. The van der Waals surface area contributed by atoms with E-state index < -0.39 is 0 Å². The van der Waals surface area contributed by atoms with Crippen molar-refractivity contribution in [3.8, 4) is 0 Å². The molecule has 1 saturated heterocycles. The number of hydrogen-bond donors (Lipinski definition) is 0. The Kier molecular flexibility index (Phi) is 4.15. The summed E-state index contributed by atoms with van der Waals surface area (Å²) in [7, 11) is 0. The first-order chi connectivity index (χ1) is 8.66. The van der Waals surface area contributed by atoms with E-state index in [0.29, 0.717) is 0 Å². The van der Waals surface area contributed by atoms with Gasteiger partial charge < -0.3 is 4.90 Å². The van der Waals surface area contributed by atoms with Crippen LogP contribution < -0.4 is 10.3 Å². The largest absolute Gasteiger partial charge is 0.366 e. The molecule has 0 bridgehead atoms. The van der Waals surface area contributed by atoms with Crippen molar-refractivity contribution < 1.29 is 0 Å². The van der Waals surface area contributed by atoms with Gasteiger partial charge in [-0.15, -0.1) is 0 Å². The molecule has 0 unspecified atom stereocenters. The van der Waals surface area contributed by atoms with Crippen LogP contribution in [-0.4, -0.2) is 37.6 Å². The Balaban J connectivity index is 2.04. The van der Waals surface area contributed by atoms with Gasteiger partial charge in [0.15, 0.2) is 0 Å². The zero-order chi connectivity index (χ0) is 13.0. The third-order valence-electron chi connectivity index (χ3n) is 3.18. The van der Waals surface area contributed by atoms with Gasteiger partial charge in [0.05, 0.1) is 5.69 Å². The lowest BCUT2D eigenvalue weighted by Crippen LogP contribution is -2.47. The molecule has 3 nitrogen and oxygen atoms in total. The van der Waals surface area contributed by atoms with E-state index in [1.165, 1.54) is 5.57 Å². The highest BCUT2D eigenvalue weighted by Gasteiger charge is 2.17. The van der Waals surface area contributed by atoms with Crippen molar-refractivity contribution >= 4 is 5.69 Å². The molecule has 1 aliphatic heterocycles. The summed E-state index contributed by atoms with van der Waals surface area (Å²) in [5.41, 5.74) is 2.11. The first-order valence-electron chi connectivity index (χ1n) is 6.38. The maximum absolute atomic E-state index is 11.9. The zero-order valence-electron chi connectivity index (χ0n) is 10.9. The molecule has 0 aromatic heterocycles. The van der Waals surface area contributed by atoms with E-state index in [-0.39, 0.29) is 5.43 Å². The normalized spacial score (nSPS) is 16.6. The number of rotatable bonds is 3. The molecule has 0 amide bonds. The van der Waals surface area contributed by atoms with Crippen molar-refractivity contribution in [2.24, 2.45) is 0 Å². The van der Waals surface area contributed by atoms with Crippen molar-refractivity contribution in [3.05, 3.63) is 52.7 Å². The third-order valence-corrected chi connectivity index (χ3v) is 3.18. The molecule has 18 heavy (non-hydrogen) atoms. The highest BCUT2D eigenvalue weighted by atomic mass is 16.1. The summed E-state index contributed by atoms with van der Waals surface area (Å²) in [6.45, 7) is 10.8. The van der Waals surface area contributed by atoms with Crippen molar-refractivity contribution in [1.82, 2.24) is 4.90 Å². The van der Waals surface area contributed by atoms with Gasteiger partial charge in [-0.25, -0.2) is 0 Å². The lowest BCUT2D eigenvalue weighted by Gasteiger charge is -2.35. The second kappa shape index (κ2) is 5.83. The van der Waals surface area contributed by atoms with Gasteiger partial charge in [-0.3, -0.25) is 9.69 Å². The van der Waals surface area contributed by atoms with Gasteiger partial charge >= 0.3 is 0 Å². The van der Waals surface area contributed by atoms with Gasteiger partial charge in [0.25, 0.3) is 0 Å². The summed E-state index contributed by atoms with van der Waals surface area (Å²) in [5.74, 6) is 0. The molecule has 96 valence electrons. The second-order valence-corrected chi connectivity index (χ2v) is 4.88. The van der Waals surface area contributed by atoms with E-state index in [1.54, 1.807) is 12.1 Å². The summed E-state index contributed by atoms with van der Waals surface area (Å²) >= 11 is 0. The van der Waals surface area contributed by atoms with E-state index in [2.05, 4.69) is 23.3 Å². The fraction of sp³-hybridized carbons (Fsp3) is 0.400. The quantitative estimate of drug-likeness (QED) is 0.757. The van der Waals surface area contributed by atoms with Crippen LogP contribution in [0.4, 0.5) is 5.69 Å². The number of hydrogen-bond acceptors (Lipinski definition) is 3. The van der Waals surface area contributed by atoms with Crippen LogP contribution >= 0.6 is 0 Å². The maximum Gasteiger partial charge on any atom is 0.201 e. The molecule has 0 radical (unpaired) electrons. The van der Waals surface area contributed by atoms with E-state index in [1.807, 2.05) is 18.2 Å². The van der Waals surface area contributed by atoms with Gasteiger partial charge in [0.1, 0.15) is 0 Å². The van der Waals surface area contributed by atoms with E-state index in [9.17, 15) is 4.79 Å². The van der Waals surface area contributed by atoms with Crippen LogP contribution in [0.2, 0.25) is 0 Å². The molecule has 1 aliphatic rings. The first-order valence-corrected chi connectivity index (χ1v) is 6.38. The second-order valence-electron chi connectivity index (χ2n) is 4.88. The Morgan fingerprint density at radius 1 is 1.17 bits per heavy atom. The average molecular weight is 244 g/mol. The van der Waals surface area contributed by atoms with Crippen LogP contribution in [0.25, 0.3) is 0 Å². The van der Waals surface area contributed by atoms with Gasteiger partial charge in [0.2, 0.25) is 5.43 Å². The van der Waals surface area contributed by atoms with E-state index >= 15 is 0 Å².